The van der Waals surface area contributed by atoms with Crippen LogP contribution in [-0.2, 0) is 4.79 Å². The lowest BCUT2D eigenvalue weighted by Gasteiger charge is -2.30. The maximum Gasteiger partial charge on any atom is 0.222 e. The Kier molecular flexibility index (Phi) is 7.02. The van der Waals surface area contributed by atoms with Crippen LogP contribution < -0.4 is 16.4 Å². The molecule has 4 rings (SSSR count). The maximum absolute atomic E-state index is 12.4. The zero-order valence-corrected chi connectivity index (χ0v) is 18.5. The van der Waals surface area contributed by atoms with Crippen molar-refractivity contribution in [1.82, 2.24) is 10.3 Å². The molecule has 32 heavy (non-hydrogen) atoms. The van der Waals surface area contributed by atoms with Crippen LogP contribution in [0.5, 0.6) is 0 Å². The molecule has 1 aliphatic carbocycles. The SMILES string of the molecule is NC(CC(=O)NC1CCC(Nc2ccnc3cc(Cl)ccc23)CC1)C(=O)c1ccccc1. The molecular weight excluding hydrogens is 424 g/mol. The molecular formula is C25H27ClN4O2. The van der Waals surface area contributed by atoms with Gasteiger partial charge in [0, 0.05) is 46.4 Å². The number of nitrogens with two attached hydrogens (primary N) is 1. The molecule has 1 fully saturated rings. The monoisotopic (exact) mass is 450 g/mol. The van der Waals surface area contributed by atoms with Gasteiger partial charge in [0.1, 0.15) is 0 Å². The molecule has 1 heterocycles. The first-order valence-corrected chi connectivity index (χ1v) is 11.3. The highest BCUT2D eigenvalue weighted by Crippen LogP contribution is 2.28. The molecule has 1 saturated carbocycles. The minimum atomic E-state index is -0.830. The summed E-state index contributed by atoms with van der Waals surface area (Å²) in [5, 5.41) is 8.39. The van der Waals surface area contributed by atoms with Crippen molar-refractivity contribution < 1.29 is 9.59 Å². The number of nitrogens with one attached hydrogen (secondary N) is 2. The van der Waals surface area contributed by atoms with Crippen molar-refractivity contribution in [2.45, 2.75) is 50.2 Å². The molecule has 0 radical (unpaired) electrons. The first kappa shape index (κ1) is 22.2. The highest BCUT2D eigenvalue weighted by Gasteiger charge is 2.25. The summed E-state index contributed by atoms with van der Waals surface area (Å²) in [6, 6.07) is 16.2. The van der Waals surface area contributed by atoms with Crippen LogP contribution in [0.15, 0.2) is 60.8 Å². The Labute approximate surface area is 192 Å². The van der Waals surface area contributed by atoms with Gasteiger partial charge in [-0.15, -0.1) is 0 Å². The number of Topliss-reactive ketones (excluding diaryl/α,β-unsaturated/α-hetero) is 1. The number of pyridine rings is 1. The van der Waals surface area contributed by atoms with E-state index in [1.54, 1.807) is 30.5 Å². The number of ketones is 1. The Balaban J connectivity index is 1.26. The third-order valence-corrected chi connectivity index (χ3v) is 6.19. The lowest BCUT2D eigenvalue weighted by molar-refractivity contribution is -0.122. The highest BCUT2D eigenvalue weighted by molar-refractivity contribution is 6.31. The molecule has 0 aliphatic heterocycles. The fraction of sp³-hybridized carbons (Fsp3) is 0.320. The second kappa shape index (κ2) is 10.1. The van der Waals surface area contributed by atoms with E-state index in [9.17, 15) is 9.59 Å². The van der Waals surface area contributed by atoms with Crippen molar-refractivity contribution >= 4 is 39.9 Å². The van der Waals surface area contributed by atoms with Gasteiger partial charge in [-0.05, 0) is 49.9 Å². The van der Waals surface area contributed by atoms with Gasteiger partial charge in [-0.1, -0.05) is 41.9 Å². The number of halogens is 1. The topological polar surface area (TPSA) is 97.1 Å². The fourth-order valence-corrected chi connectivity index (χ4v) is 4.41. The van der Waals surface area contributed by atoms with Gasteiger partial charge in [0.2, 0.25) is 5.91 Å². The van der Waals surface area contributed by atoms with E-state index < -0.39 is 6.04 Å². The van der Waals surface area contributed by atoms with Crippen LogP contribution in [0.1, 0.15) is 42.5 Å². The molecule has 2 aromatic carbocycles. The van der Waals surface area contributed by atoms with Gasteiger partial charge < -0.3 is 16.4 Å². The molecule has 1 amide bonds. The van der Waals surface area contributed by atoms with E-state index in [4.69, 9.17) is 17.3 Å². The first-order valence-electron chi connectivity index (χ1n) is 10.9. The molecule has 1 atom stereocenters. The third kappa shape index (κ3) is 5.44. The van der Waals surface area contributed by atoms with Gasteiger partial charge in [0.25, 0.3) is 0 Å². The number of anilines is 1. The largest absolute Gasteiger partial charge is 0.382 e. The van der Waals surface area contributed by atoms with Crippen LogP contribution in [0.3, 0.4) is 0 Å². The Morgan fingerprint density at radius 3 is 2.50 bits per heavy atom. The van der Waals surface area contributed by atoms with E-state index in [2.05, 4.69) is 15.6 Å². The van der Waals surface area contributed by atoms with E-state index in [1.165, 1.54) is 0 Å². The van der Waals surface area contributed by atoms with Gasteiger partial charge in [-0.3, -0.25) is 14.6 Å². The normalized spacial score (nSPS) is 19.3. The van der Waals surface area contributed by atoms with Crippen molar-refractivity contribution in [2.75, 3.05) is 5.32 Å². The van der Waals surface area contributed by atoms with Crippen molar-refractivity contribution in [3.8, 4) is 0 Å². The van der Waals surface area contributed by atoms with Crippen molar-refractivity contribution in [1.29, 1.82) is 0 Å². The van der Waals surface area contributed by atoms with Crippen LogP contribution in [0.2, 0.25) is 5.02 Å². The average molecular weight is 451 g/mol. The molecule has 0 bridgehead atoms. The average Bonchev–Trinajstić information content (AvgIpc) is 2.80. The number of amides is 1. The summed E-state index contributed by atoms with van der Waals surface area (Å²) in [6.45, 7) is 0. The van der Waals surface area contributed by atoms with Gasteiger partial charge in [0.05, 0.1) is 11.6 Å². The minimum absolute atomic E-state index is 0.00251. The van der Waals surface area contributed by atoms with Crippen molar-refractivity contribution in [2.24, 2.45) is 5.73 Å². The summed E-state index contributed by atoms with van der Waals surface area (Å²) >= 11 is 6.08. The van der Waals surface area contributed by atoms with Gasteiger partial charge in [0.15, 0.2) is 5.78 Å². The van der Waals surface area contributed by atoms with E-state index in [0.29, 0.717) is 16.6 Å². The third-order valence-electron chi connectivity index (χ3n) is 5.96. The van der Waals surface area contributed by atoms with Crippen LogP contribution in [0.25, 0.3) is 10.9 Å². The number of nitrogens with zero attached hydrogens (tertiary/aromatic N) is 1. The lowest BCUT2D eigenvalue weighted by Crippen LogP contribution is -2.43. The molecule has 1 aromatic heterocycles. The number of fused-ring (bicyclic) bond motifs is 1. The van der Waals surface area contributed by atoms with E-state index in [-0.39, 0.29) is 24.2 Å². The molecule has 6 nitrogen and oxygen atoms in total. The molecule has 0 saturated heterocycles. The van der Waals surface area contributed by atoms with Crippen LogP contribution in [-0.4, -0.2) is 34.8 Å². The Morgan fingerprint density at radius 1 is 1.03 bits per heavy atom. The molecule has 4 N–H and O–H groups in total. The smallest absolute Gasteiger partial charge is 0.222 e. The fourth-order valence-electron chi connectivity index (χ4n) is 4.24. The van der Waals surface area contributed by atoms with Gasteiger partial charge >= 0.3 is 0 Å². The number of hydrogen-bond acceptors (Lipinski definition) is 5. The molecule has 1 unspecified atom stereocenters. The van der Waals surface area contributed by atoms with Crippen LogP contribution in [0, 0.1) is 0 Å². The molecule has 166 valence electrons. The minimum Gasteiger partial charge on any atom is -0.382 e. The Morgan fingerprint density at radius 2 is 1.75 bits per heavy atom. The number of hydrogen-bond donors (Lipinski definition) is 3. The Bertz CT molecular complexity index is 1100. The standard InChI is InChI=1S/C25H27ClN4O2/c26-17-6-11-20-22(12-13-28-23(20)14-17)29-18-7-9-19(10-8-18)30-24(31)15-21(27)25(32)16-4-2-1-3-5-16/h1-6,11-14,18-19,21H,7-10,15,27H2,(H,28,29)(H,30,31). The number of carbonyl (C=O) groups is 2. The summed E-state index contributed by atoms with van der Waals surface area (Å²) in [4.78, 5) is 29.2. The molecule has 0 spiro atoms. The zero-order chi connectivity index (χ0) is 22.5. The van der Waals surface area contributed by atoms with E-state index >= 15 is 0 Å². The van der Waals surface area contributed by atoms with Gasteiger partial charge in [-0.25, -0.2) is 0 Å². The summed E-state index contributed by atoms with van der Waals surface area (Å²) in [7, 11) is 0. The van der Waals surface area contributed by atoms with Gasteiger partial charge in [-0.2, -0.15) is 0 Å². The predicted molar refractivity (Wildman–Crippen MR) is 128 cm³/mol. The molecule has 3 aromatic rings. The Hall–Kier alpha value is -2.96. The second-order valence-corrected chi connectivity index (χ2v) is 8.76. The zero-order valence-electron chi connectivity index (χ0n) is 17.8. The molecule has 7 heteroatoms. The maximum atomic E-state index is 12.4. The number of rotatable bonds is 7. The first-order chi connectivity index (χ1) is 15.5. The van der Waals surface area contributed by atoms with Crippen molar-refractivity contribution in [3.63, 3.8) is 0 Å². The summed E-state index contributed by atoms with van der Waals surface area (Å²) in [5.74, 6) is -0.380. The second-order valence-electron chi connectivity index (χ2n) is 8.32. The number of benzene rings is 2. The van der Waals surface area contributed by atoms with Crippen LogP contribution in [0.4, 0.5) is 5.69 Å². The highest BCUT2D eigenvalue weighted by atomic mass is 35.5. The van der Waals surface area contributed by atoms with E-state index in [1.807, 2.05) is 30.3 Å². The predicted octanol–water partition coefficient (Wildman–Crippen LogP) is 4.33. The van der Waals surface area contributed by atoms with Crippen molar-refractivity contribution in [3.05, 3.63) is 71.4 Å². The molecule has 1 aliphatic rings. The number of carbonyl (C=O) groups excluding carboxylic acids is 2. The summed E-state index contributed by atoms with van der Waals surface area (Å²) in [5.41, 5.74) is 8.43. The van der Waals surface area contributed by atoms with Crippen LogP contribution >= 0.6 is 11.6 Å². The quantitative estimate of drug-likeness (QED) is 0.465. The summed E-state index contributed by atoms with van der Waals surface area (Å²) in [6.07, 6.45) is 5.42. The summed E-state index contributed by atoms with van der Waals surface area (Å²) < 4.78 is 0. The van der Waals surface area contributed by atoms with E-state index in [0.717, 1.165) is 42.3 Å². The lowest BCUT2D eigenvalue weighted by atomic mass is 9.90. The number of aromatic nitrogens is 1.